The Hall–Kier alpha value is -3.09. The molecule has 7 nitrogen and oxygen atoms in total. The molecule has 136 valence electrons. The standard InChI is InChI=1S/C19H20N2O5/c1-4-14-19(24)21(11-17(22)20(2)3)13-10-12(7-8-15(13)26-14)18(23)16-6-5-9-25-16/h5-10,14H,4,11H2,1-3H3/t14-/m0/s1. The minimum atomic E-state index is -0.649. The average Bonchev–Trinajstić information content (AvgIpc) is 3.17. The van der Waals surface area contributed by atoms with Crippen molar-refractivity contribution in [1.82, 2.24) is 4.90 Å². The van der Waals surface area contributed by atoms with Crippen LogP contribution in [0, 0.1) is 0 Å². The first-order chi connectivity index (χ1) is 12.4. The number of carbonyl (C=O) groups is 3. The number of amides is 2. The molecule has 0 saturated carbocycles. The molecule has 1 aliphatic heterocycles. The van der Waals surface area contributed by atoms with E-state index in [2.05, 4.69) is 0 Å². The number of ether oxygens (including phenoxy) is 1. The first-order valence-electron chi connectivity index (χ1n) is 8.32. The first-order valence-corrected chi connectivity index (χ1v) is 8.32. The Bertz CT molecular complexity index is 842. The molecule has 0 saturated heterocycles. The van der Waals surface area contributed by atoms with Crippen molar-refractivity contribution in [3.63, 3.8) is 0 Å². The van der Waals surface area contributed by atoms with Gasteiger partial charge in [-0.2, -0.15) is 0 Å². The quantitative estimate of drug-likeness (QED) is 0.767. The number of furan rings is 1. The molecular formula is C19H20N2O5. The normalized spacial score (nSPS) is 16.0. The summed E-state index contributed by atoms with van der Waals surface area (Å²) >= 11 is 0. The van der Waals surface area contributed by atoms with Crippen molar-refractivity contribution in [1.29, 1.82) is 0 Å². The van der Waals surface area contributed by atoms with Crippen molar-refractivity contribution in [3.05, 3.63) is 47.9 Å². The van der Waals surface area contributed by atoms with Crippen molar-refractivity contribution in [2.24, 2.45) is 0 Å². The number of nitrogens with zero attached hydrogens (tertiary/aromatic N) is 2. The van der Waals surface area contributed by atoms with Crippen LogP contribution in [0.15, 0.2) is 41.0 Å². The fourth-order valence-electron chi connectivity index (χ4n) is 2.71. The number of hydrogen-bond acceptors (Lipinski definition) is 5. The summed E-state index contributed by atoms with van der Waals surface area (Å²) in [5.41, 5.74) is 0.764. The van der Waals surface area contributed by atoms with Crippen molar-refractivity contribution in [2.45, 2.75) is 19.4 Å². The van der Waals surface area contributed by atoms with E-state index in [9.17, 15) is 14.4 Å². The van der Waals surface area contributed by atoms with Gasteiger partial charge in [0, 0.05) is 19.7 Å². The highest BCUT2D eigenvalue weighted by Gasteiger charge is 2.35. The van der Waals surface area contributed by atoms with Gasteiger partial charge in [0.15, 0.2) is 11.9 Å². The second-order valence-corrected chi connectivity index (χ2v) is 6.22. The van der Waals surface area contributed by atoms with Crippen LogP contribution in [-0.2, 0) is 9.59 Å². The van der Waals surface area contributed by atoms with Gasteiger partial charge in [0.2, 0.25) is 11.7 Å². The number of ketones is 1. The molecule has 2 heterocycles. The van der Waals surface area contributed by atoms with Gasteiger partial charge in [-0.05, 0) is 36.8 Å². The molecule has 0 N–H and O–H groups in total. The van der Waals surface area contributed by atoms with E-state index in [4.69, 9.17) is 9.15 Å². The Morgan fingerprint density at radius 1 is 1.23 bits per heavy atom. The highest BCUT2D eigenvalue weighted by Crippen LogP contribution is 2.36. The van der Waals surface area contributed by atoms with Gasteiger partial charge in [-0.1, -0.05) is 6.92 Å². The summed E-state index contributed by atoms with van der Waals surface area (Å²) in [4.78, 5) is 40.2. The number of rotatable bonds is 5. The Kier molecular flexibility index (Phi) is 4.79. The molecule has 2 amide bonds. The maximum absolute atomic E-state index is 12.7. The molecule has 0 bridgehead atoms. The van der Waals surface area contributed by atoms with Crippen molar-refractivity contribution < 1.29 is 23.5 Å². The maximum Gasteiger partial charge on any atom is 0.268 e. The van der Waals surface area contributed by atoms with Gasteiger partial charge < -0.3 is 14.1 Å². The van der Waals surface area contributed by atoms with E-state index in [0.717, 1.165) is 0 Å². The minimum Gasteiger partial charge on any atom is -0.478 e. The second kappa shape index (κ2) is 7.03. The Balaban J connectivity index is 2.00. The SMILES string of the molecule is CC[C@@H]1Oc2ccc(C(=O)c3ccco3)cc2N(CC(=O)N(C)C)C1=O. The zero-order chi connectivity index (χ0) is 18.8. The van der Waals surface area contributed by atoms with Crippen molar-refractivity contribution in [2.75, 3.05) is 25.5 Å². The van der Waals surface area contributed by atoms with Crippen LogP contribution in [0.2, 0.25) is 0 Å². The first kappa shape index (κ1) is 17.7. The van der Waals surface area contributed by atoms with Gasteiger partial charge in [-0.25, -0.2) is 0 Å². The third-order valence-corrected chi connectivity index (χ3v) is 4.23. The lowest BCUT2D eigenvalue weighted by molar-refractivity contribution is -0.131. The molecule has 1 aliphatic rings. The predicted octanol–water partition coefficient (Wildman–Crippen LogP) is 2.10. The molecule has 1 aromatic heterocycles. The van der Waals surface area contributed by atoms with Crippen LogP contribution < -0.4 is 9.64 Å². The van der Waals surface area contributed by atoms with Gasteiger partial charge in [0.05, 0.1) is 12.0 Å². The molecule has 0 spiro atoms. The van der Waals surface area contributed by atoms with E-state index in [1.165, 1.54) is 16.1 Å². The molecule has 0 fully saturated rings. The molecule has 0 radical (unpaired) electrons. The summed E-state index contributed by atoms with van der Waals surface area (Å²) in [5.74, 6) is -0.141. The molecule has 1 aromatic carbocycles. The number of fused-ring (bicyclic) bond motifs is 1. The number of carbonyl (C=O) groups excluding carboxylic acids is 3. The summed E-state index contributed by atoms with van der Waals surface area (Å²) in [6.45, 7) is 1.73. The van der Waals surface area contributed by atoms with Gasteiger partial charge >= 0.3 is 0 Å². The third-order valence-electron chi connectivity index (χ3n) is 4.23. The van der Waals surface area contributed by atoms with Crippen LogP contribution in [0.4, 0.5) is 5.69 Å². The van der Waals surface area contributed by atoms with E-state index < -0.39 is 6.10 Å². The van der Waals surface area contributed by atoms with Crippen LogP contribution >= 0.6 is 0 Å². The fraction of sp³-hybridized carbons (Fsp3) is 0.316. The van der Waals surface area contributed by atoms with Gasteiger partial charge in [0.1, 0.15) is 12.3 Å². The summed E-state index contributed by atoms with van der Waals surface area (Å²) in [5, 5.41) is 0. The zero-order valence-corrected chi connectivity index (χ0v) is 14.9. The van der Waals surface area contributed by atoms with Crippen molar-refractivity contribution in [3.8, 4) is 5.75 Å². The molecule has 2 aromatic rings. The number of hydrogen-bond donors (Lipinski definition) is 0. The van der Waals surface area contributed by atoms with Crippen LogP contribution in [-0.4, -0.2) is 49.2 Å². The van der Waals surface area contributed by atoms with Gasteiger partial charge in [0.25, 0.3) is 5.91 Å². The van der Waals surface area contributed by atoms with Gasteiger partial charge in [-0.3, -0.25) is 19.3 Å². The summed E-state index contributed by atoms with van der Waals surface area (Å²) in [7, 11) is 3.25. The lowest BCUT2D eigenvalue weighted by atomic mass is 10.0. The van der Waals surface area contributed by atoms with E-state index in [0.29, 0.717) is 23.4 Å². The molecule has 7 heteroatoms. The van der Waals surface area contributed by atoms with Crippen LogP contribution in [0.1, 0.15) is 29.5 Å². The molecular weight excluding hydrogens is 336 g/mol. The Morgan fingerprint density at radius 2 is 2.00 bits per heavy atom. The Labute approximate surface area is 151 Å². The van der Waals surface area contributed by atoms with E-state index in [1.54, 1.807) is 44.4 Å². The third kappa shape index (κ3) is 3.20. The zero-order valence-electron chi connectivity index (χ0n) is 14.9. The number of benzene rings is 1. The highest BCUT2D eigenvalue weighted by molar-refractivity contribution is 6.10. The van der Waals surface area contributed by atoms with E-state index >= 15 is 0 Å². The minimum absolute atomic E-state index is 0.114. The van der Waals surface area contributed by atoms with Crippen LogP contribution in [0.3, 0.4) is 0 Å². The molecule has 0 aliphatic carbocycles. The second-order valence-electron chi connectivity index (χ2n) is 6.22. The van der Waals surface area contributed by atoms with Crippen LogP contribution in [0.5, 0.6) is 5.75 Å². The van der Waals surface area contributed by atoms with Crippen LogP contribution in [0.25, 0.3) is 0 Å². The lowest BCUT2D eigenvalue weighted by Gasteiger charge is -2.34. The van der Waals surface area contributed by atoms with Gasteiger partial charge in [-0.15, -0.1) is 0 Å². The number of likely N-dealkylation sites (N-methyl/N-ethyl adjacent to an activating group) is 1. The molecule has 26 heavy (non-hydrogen) atoms. The molecule has 1 atom stereocenters. The monoisotopic (exact) mass is 356 g/mol. The summed E-state index contributed by atoms with van der Waals surface area (Å²) in [6, 6.07) is 8.04. The average molecular weight is 356 g/mol. The summed E-state index contributed by atoms with van der Waals surface area (Å²) in [6.07, 6.45) is 1.26. The topological polar surface area (TPSA) is 80.1 Å². The predicted molar refractivity (Wildman–Crippen MR) is 94.3 cm³/mol. The summed E-state index contributed by atoms with van der Waals surface area (Å²) < 4.78 is 10.9. The number of anilines is 1. The smallest absolute Gasteiger partial charge is 0.268 e. The Morgan fingerprint density at radius 3 is 2.62 bits per heavy atom. The maximum atomic E-state index is 12.7. The highest BCUT2D eigenvalue weighted by atomic mass is 16.5. The molecule has 3 rings (SSSR count). The van der Waals surface area contributed by atoms with E-state index in [-0.39, 0.29) is 29.9 Å². The van der Waals surface area contributed by atoms with E-state index in [1.807, 2.05) is 6.92 Å². The lowest BCUT2D eigenvalue weighted by Crippen LogP contribution is -2.49. The fourth-order valence-corrected chi connectivity index (χ4v) is 2.71. The molecule has 0 unspecified atom stereocenters. The largest absolute Gasteiger partial charge is 0.478 e. The van der Waals surface area contributed by atoms with Crippen molar-refractivity contribution >= 4 is 23.3 Å².